The molecule has 30 heavy (non-hydrogen) atoms. The first-order chi connectivity index (χ1) is 14.3. The van der Waals surface area contributed by atoms with Crippen LogP contribution in [0.1, 0.15) is 47.1 Å². The SMILES string of the molecule is C=C(C)c1ncc(C(=O)Nc2cccc(C(C)[N-]C=CNC3=C[N+](C)=C3)c2)cc1C. The van der Waals surface area contributed by atoms with Gasteiger partial charge in [-0.3, -0.25) is 9.78 Å². The Labute approximate surface area is 177 Å². The van der Waals surface area contributed by atoms with Gasteiger partial charge >= 0.3 is 0 Å². The molecule has 0 spiro atoms. The number of carbonyl (C=O) groups is 1. The topological polar surface area (TPSA) is 71.1 Å². The average molecular weight is 402 g/mol. The average Bonchev–Trinajstić information content (AvgIpc) is 2.69. The number of hydrogen-bond acceptors (Lipinski definition) is 3. The van der Waals surface area contributed by atoms with Gasteiger partial charge in [0.1, 0.15) is 7.05 Å². The number of allylic oxidation sites excluding steroid dienone is 2. The summed E-state index contributed by atoms with van der Waals surface area (Å²) in [6.45, 7) is 9.76. The van der Waals surface area contributed by atoms with Gasteiger partial charge in [-0.25, -0.2) is 4.58 Å². The minimum atomic E-state index is -0.195. The third kappa shape index (κ3) is 5.23. The first kappa shape index (κ1) is 21.0. The standard InChI is InChI=1S/C24H27N5O/c1-16(2)23-17(3)11-20(13-27-23)24(30)28-21-8-6-7-19(12-21)18(4)25-9-10-26-22-14-29(5)15-22/h6-15,18,26H,1H2,2-5H3,(H,28,30). The minimum Gasteiger partial charge on any atom is -0.683 e. The molecule has 0 saturated heterocycles. The second kappa shape index (κ2) is 9.22. The van der Waals surface area contributed by atoms with E-state index in [1.165, 1.54) is 0 Å². The van der Waals surface area contributed by atoms with Crippen LogP contribution in [0.4, 0.5) is 5.69 Å². The summed E-state index contributed by atoms with van der Waals surface area (Å²) in [4.78, 5) is 17.0. The first-order valence-corrected chi connectivity index (χ1v) is 9.77. The van der Waals surface area contributed by atoms with Crippen LogP contribution >= 0.6 is 0 Å². The van der Waals surface area contributed by atoms with E-state index in [1.54, 1.807) is 18.6 Å². The monoisotopic (exact) mass is 401 g/mol. The number of carbonyl (C=O) groups excluding carboxylic acids is 1. The number of aromatic nitrogens is 1. The number of rotatable bonds is 8. The summed E-state index contributed by atoms with van der Waals surface area (Å²) in [7, 11) is 1.97. The van der Waals surface area contributed by atoms with Crippen molar-refractivity contribution in [3.8, 4) is 0 Å². The zero-order chi connectivity index (χ0) is 21.7. The highest BCUT2D eigenvalue weighted by Gasteiger charge is 2.11. The summed E-state index contributed by atoms with van der Waals surface area (Å²) in [6.07, 6.45) is 9.12. The van der Waals surface area contributed by atoms with Crippen molar-refractivity contribution < 1.29 is 9.37 Å². The van der Waals surface area contributed by atoms with Crippen LogP contribution in [0.2, 0.25) is 0 Å². The molecule has 2 heterocycles. The summed E-state index contributed by atoms with van der Waals surface area (Å²) in [5, 5.41) is 10.6. The number of aryl methyl sites for hydroxylation is 1. The Morgan fingerprint density at radius 2 is 2.10 bits per heavy atom. The van der Waals surface area contributed by atoms with Crippen LogP contribution in [0.25, 0.3) is 10.9 Å². The third-order valence-electron chi connectivity index (χ3n) is 4.69. The quantitative estimate of drug-likeness (QED) is 0.628. The second-order valence-electron chi connectivity index (χ2n) is 7.41. The molecule has 1 unspecified atom stereocenters. The van der Waals surface area contributed by atoms with Gasteiger partial charge in [0.05, 0.1) is 11.3 Å². The lowest BCUT2D eigenvalue weighted by Crippen LogP contribution is -2.21. The fourth-order valence-corrected chi connectivity index (χ4v) is 3.12. The number of benzene rings is 1. The molecule has 0 saturated carbocycles. The highest BCUT2D eigenvalue weighted by molar-refractivity contribution is 6.04. The van der Waals surface area contributed by atoms with Gasteiger partial charge in [0, 0.05) is 11.9 Å². The number of nitrogens with zero attached hydrogens (tertiary/aromatic N) is 3. The molecule has 6 nitrogen and oxygen atoms in total. The molecule has 154 valence electrons. The lowest BCUT2D eigenvalue weighted by Gasteiger charge is -2.26. The van der Waals surface area contributed by atoms with Crippen molar-refractivity contribution in [1.29, 1.82) is 0 Å². The molecule has 1 atom stereocenters. The molecule has 0 fully saturated rings. The molecule has 2 N–H and O–H groups in total. The number of amides is 1. The normalized spacial score (nSPS) is 13.7. The summed E-state index contributed by atoms with van der Waals surface area (Å²) < 4.78 is 1.97. The maximum absolute atomic E-state index is 12.6. The van der Waals surface area contributed by atoms with Crippen molar-refractivity contribution in [3.63, 3.8) is 0 Å². The van der Waals surface area contributed by atoms with E-state index in [1.807, 2.05) is 75.1 Å². The van der Waals surface area contributed by atoms with Crippen LogP contribution in [-0.4, -0.2) is 28.7 Å². The molecule has 6 heteroatoms. The van der Waals surface area contributed by atoms with Crippen LogP contribution in [-0.2, 0) is 0 Å². The van der Waals surface area contributed by atoms with Crippen molar-refractivity contribution in [3.05, 3.63) is 95.1 Å². The number of nitrogens with one attached hydrogen (secondary N) is 2. The van der Waals surface area contributed by atoms with E-state index in [4.69, 9.17) is 0 Å². The van der Waals surface area contributed by atoms with Crippen LogP contribution in [0, 0.1) is 6.92 Å². The van der Waals surface area contributed by atoms with E-state index in [-0.39, 0.29) is 11.9 Å². The second-order valence-corrected chi connectivity index (χ2v) is 7.41. The summed E-state index contributed by atoms with van der Waals surface area (Å²) in [5.41, 5.74) is 5.93. The molecule has 1 aliphatic rings. The minimum absolute atomic E-state index is 0.0410. The number of hydrogen-bond donors (Lipinski definition) is 2. The fraction of sp³-hybridized carbons (Fsp3) is 0.208. The lowest BCUT2D eigenvalue weighted by molar-refractivity contribution is -0.429. The van der Waals surface area contributed by atoms with Crippen LogP contribution in [0.5, 0.6) is 0 Å². The maximum Gasteiger partial charge on any atom is 0.257 e. The molecule has 2 aromatic rings. The van der Waals surface area contributed by atoms with Gasteiger partial charge in [-0.05, 0) is 49.4 Å². The molecule has 3 rings (SSSR count). The lowest BCUT2D eigenvalue weighted by atomic mass is 10.1. The maximum atomic E-state index is 12.6. The Morgan fingerprint density at radius 1 is 1.33 bits per heavy atom. The molecule has 0 radical (unpaired) electrons. The van der Waals surface area contributed by atoms with Gasteiger partial charge in [-0.1, -0.05) is 37.2 Å². The smallest absolute Gasteiger partial charge is 0.257 e. The molecule has 0 aliphatic carbocycles. The van der Waals surface area contributed by atoms with Crippen LogP contribution < -0.4 is 10.6 Å². The number of anilines is 1. The van der Waals surface area contributed by atoms with Crippen molar-refractivity contribution in [2.24, 2.45) is 0 Å². The van der Waals surface area contributed by atoms with E-state index >= 15 is 0 Å². The van der Waals surface area contributed by atoms with Gasteiger partial charge in [0.15, 0.2) is 18.1 Å². The predicted octanol–water partition coefficient (Wildman–Crippen LogP) is 4.74. The van der Waals surface area contributed by atoms with Crippen molar-refractivity contribution >= 4 is 23.4 Å². The van der Waals surface area contributed by atoms with Crippen LogP contribution in [0.3, 0.4) is 0 Å². The molecule has 1 aromatic heterocycles. The van der Waals surface area contributed by atoms with E-state index in [0.717, 1.165) is 33.8 Å². The Balaban J connectivity index is 1.60. The highest BCUT2D eigenvalue weighted by Crippen LogP contribution is 2.24. The van der Waals surface area contributed by atoms with E-state index in [2.05, 4.69) is 27.5 Å². The third-order valence-corrected chi connectivity index (χ3v) is 4.69. The van der Waals surface area contributed by atoms with Gasteiger partial charge < -0.3 is 16.0 Å². The van der Waals surface area contributed by atoms with E-state index in [0.29, 0.717) is 5.56 Å². The zero-order valence-corrected chi connectivity index (χ0v) is 17.8. The van der Waals surface area contributed by atoms with Crippen molar-refractivity contribution in [1.82, 2.24) is 10.3 Å². The Bertz CT molecular complexity index is 1070. The van der Waals surface area contributed by atoms with Crippen molar-refractivity contribution in [2.45, 2.75) is 26.8 Å². The van der Waals surface area contributed by atoms with E-state index in [9.17, 15) is 4.79 Å². The van der Waals surface area contributed by atoms with Gasteiger partial charge in [-0.2, -0.15) is 6.20 Å². The van der Waals surface area contributed by atoms with Gasteiger partial charge in [0.2, 0.25) is 0 Å². The molecular formula is C24H27N5O. The Hall–Kier alpha value is -3.67. The summed E-state index contributed by atoms with van der Waals surface area (Å²) in [5.74, 6) is -0.195. The number of pyridine rings is 1. The summed E-state index contributed by atoms with van der Waals surface area (Å²) in [6, 6.07) is 9.50. The largest absolute Gasteiger partial charge is 0.683 e. The fourth-order valence-electron chi connectivity index (χ4n) is 3.12. The van der Waals surface area contributed by atoms with E-state index < -0.39 is 0 Å². The molecule has 0 bridgehead atoms. The van der Waals surface area contributed by atoms with Crippen LogP contribution in [0.15, 0.2) is 67.4 Å². The zero-order valence-electron chi connectivity index (χ0n) is 17.8. The first-order valence-electron chi connectivity index (χ1n) is 9.77. The molecular weight excluding hydrogens is 374 g/mol. The molecule has 1 aromatic carbocycles. The van der Waals surface area contributed by atoms with Gasteiger partial charge in [-0.15, -0.1) is 0 Å². The highest BCUT2D eigenvalue weighted by atomic mass is 16.1. The molecule has 1 amide bonds. The molecule has 1 aliphatic heterocycles. The van der Waals surface area contributed by atoms with Gasteiger partial charge in [0.25, 0.3) is 5.91 Å². The Kier molecular flexibility index (Phi) is 6.47. The Morgan fingerprint density at radius 3 is 2.77 bits per heavy atom. The summed E-state index contributed by atoms with van der Waals surface area (Å²) >= 11 is 0. The van der Waals surface area contributed by atoms with Crippen molar-refractivity contribution in [2.75, 3.05) is 12.4 Å². The predicted molar refractivity (Wildman–Crippen MR) is 122 cm³/mol.